The fraction of sp³-hybridized carbons (Fsp3) is 0.538. The molecule has 1 atom stereocenters. The maximum absolute atomic E-state index is 8.93. The van der Waals surface area contributed by atoms with Crippen molar-refractivity contribution in [1.82, 2.24) is 4.90 Å². The van der Waals surface area contributed by atoms with E-state index < -0.39 is 5.79 Å². The van der Waals surface area contributed by atoms with Crippen LogP contribution < -0.4 is 0 Å². The van der Waals surface area contributed by atoms with Gasteiger partial charge in [0.05, 0.1) is 26.4 Å². The number of hydrogen-bond acceptors (Lipinski definition) is 4. The average Bonchev–Trinajstić information content (AvgIpc) is 2.37. The van der Waals surface area contributed by atoms with E-state index in [1.807, 2.05) is 37.4 Å². The van der Waals surface area contributed by atoms with Crippen LogP contribution in [0.3, 0.4) is 0 Å². The molecule has 0 radical (unpaired) electrons. The molecule has 0 spiro atoms. The molecule has 0 aliphatic carbocycles. The molecule has 2 rings (SSSR count). The molecular formula is C13H19NO3. The average molecular weight is 237 g/mol. The number of nitrogens with zero attached hydrogens (tertiary/aromatic N) is 1. The van der Waals surface area contributed by atoms with Crippen LogP contribution in [0.2, 0.25) is 0 Å². The van der Waals surface area contributed by atoms with Gasteiger partial charge in [0.2, 0.25) is 5.79 Å². The van der Waals surface area contributed by atoms with Crippen molar-refractivity contribution in [3.8, 4) is 0 Å². The Morgan fingerprint density at radius 3 is 2.82 bits per heavy atom. The monoisotopic (exact) mass is 237 g/mol. The quantitative estimate of drug-likeness (QED) is 0.841. The number of aliphatic hydroxyl groups is 1. The van der Waals surface area contributed by atoms with Gasteiger partial charge in [-0.15, -0.1) is 0 Å². The second kappa shape index (κ2) is 5.60. The minimum Gasteiger partial charge on any atom is -0.394 e. The standard InChI is InChI=1S/C13H19NO3/c1-14-7-9-16-13(11-14,17-10-8-15)12-5-3-2-4-6-12/h2-6,15H,7-11H2,1H3. The SMILES string of the molecule is CN1CCOC(OCCO)(c2ccccc2)C1. The Bertz CT molecular complexity index is 344. The second-order valence-corrected chi connectivity index (χ2v) is 4.28. The molecule has 1 heterocycles. The number of hydrogen-bond donors (Lipinski definition) is 1. The molecule has 1 unspecified atom stereocenters. The highest BCUT2D eigenvalue weighted by molar-refractivity contribution is 5.21. The van der Waals surface area contributed by atoms with Crippen LogP contribution >= 0.6 is 0 Å². The van der Waals surface area contributed by atoms with E-state index in [0.717, 1.165) is 12.1 Å². The van der Waals surface area contributed by atoms with Gasteiger partial charge in [-0.25, -0.2) is 0 Å². The zero-order valence-corrected chi connectivity index (χ0v) is 10.1. The summed E-state index contributed by atoms with van der Waals surface area (Å²) in [7, 11) is 2.04. The van der Waals surface area contributed by atoms with E-state index in [1.54, 1.807) is 0 Å². The van der Waals surface area contributed by atoms with Gasteiger partial charge in [0.25, 0.3) is 0 Å². The van der Waals surface area contributed by atoms with Crippen LogP contribution in [0.5, 0.6) is 0 Å². The molecular weight excluding hydrogens is 218 g/mol. The maximum Gasteiger partial charge on any atom is 0.208 e. The Morgan fingerprint density at radius 1 is 1.41 bits per heavy atom. The van der Waals surface area contributed by atoms with Gasteiger partial charge >= 0.3 is 0 Å². The molecule has 1 fully saturated rings. The summed E-state index contributed by atoms with van der Waals surface area (Å²) in [6.45, 7) is 2.50. The lowest BCUT2D eigenvalue weighted by molar-refractivity contribution is -0.276. The summed E-state index contributed by atoms with van der Waals surface area (Å²) >= 11 is 0. The molecule has 0 saturated carbocycles. The Balaban J connectivity index is 2.23. The Hall–Kier alpha value is -0.940. The molecule has 1 aromatic rings. The van der Waals surface area contributed by atoms with Crippen molar-refractivity contribution in [1.29, 1.82) is 0 Å². The van der Waals surface area contributed by atoms with Crippen LogP contribution in [0.25, 0.3) is 0 Å². The molecule has 1 saturated heterocycles. The van der Waals surface area contributed by atoms with Crippen molar-refractivity contribution in [2.75, 3.05) is 40.0 Å². The van der Waals surface area contributed by atoms with E-state index in [2.05, 4.69) is 4.90 Å². The van der Waals surface area contributed by atoms with Crippen molar-refractivity contribution < 1.29 is 14.6 Å². The normalized spacial score (nSPS) is 26.0. The summed E-state index contributed by atoms with van der Waals surface area (Å²) in [5, 5.41) is 8.93. The molecule has 1 N–H and O–H groups in total. The number of aliphatic hydroxyl groups excluding tert-OH is 1. The van der Waals surface area contributed by atoms with Crippen LogP contribution in [0.15, 0.2) is 30.3 Å². The highest BCUT2D eigenvalue weighted by atomic mass is 16.7. The van der Waals surface area contributed by atoms with Gasteiger partial charge in [0.1, 0.15) is 0 Å². The van der Waals surface area contributed by atoms with E-state index in [4.69, 9.17) is 14.6 Å². The van der Waals surface area contributed by atoms with Crippen molar-refractivity contribution >= 4 is 0 Å². The number of likely N-dealkylation sites (N-methyl/N-ethyl adjacent to an activating group) is 1. The maximum atomic E-state index is 8.93. The third-order valence-electron chi connectivity index (χ3n) is 2.93. The van der Waals surface area contributed by atoms with Crippen molar-refractivity contribution in [3.05, 3.63) is 35.9 Å². The van der Waals surface area contributed by atoms with Gasteiger partial charge in [0, 0.05) is 12.1 Å². The molecule has 0 bridgehead atoms. The van der Waals surface area contributed by atoms with Gasteiger partial charge in [-0.3, -0.25) is 4.90 Å². The lowest BCUT2D eigenvalue weighted by Crippen LogP contribution is -2.50. The minimum atomic E-state index is -0.739. The summed E-state index contributed by atoms with van der Waals surface area (Å²) in [6.07, 6.45) is 0. The zero-order chi connectivity index (χ0) is 12.1. The van der Waals surface area contributed by atoms with E-state index in [1.165, 1.54) is 0 Å². The number of benzene rings is 1. The lowest BCUT2D eigenvalue weighted by atomic mass is 10.0. The number of rotatable bonds is 4. The molecule has 4 heteroatoms. The van der Waals surface area contributed by atoms with Gasteiger partial charge in [-0.05, 0) is 7.05 Å². The first-order valence-electron chi connectivity index (χ1n) is 5.90. The Labute approximate surface area is 102 Å². The van der Waals surface area contributed by atoms with Crippen LogP contribution in [-0.2, 0) is 15.3 Å². The summed E-state index contributed by atoms with van der Waals surface area (Å²) in [6, 6.07) is 9.90. The van der Waals surface area contributed by atoms with Crippen molar-refractivity contribution in [3.63, 3.8) is 0 Å². The fourth-order valence-corrected chi connectivity index (χ4v) is 2.09. The van der Waals surface area contributed by atoms with E-state index in [9.17, 15) is 0 Å². The predicted molar refractivity (Wildman–Crippen MR) is 64.6 cm³/mol. The molecule has 1 aromatic carbocycles. The summed E-state index contributed by atoms with van der Waals surface area (Å²) < 4.78 is 11.6. The zero-order valence-electron chi connectivity index (χ0n) is 10.1. The number of ether oxygens (including phenoxy) is 2. The molecule has 0 amide bonds. The van der Waals surface area contributed by atoms with Crippen molar-refractivity contribution in [2.45, 2.75) is 5.79 Å². The topological polar surface area (TPSA) is 41.9 Å². The fourth-order valence-electron chi connectivity index (χ4n) is 2.09. The van der Waals surface area contributed by atoms with E-state index in [-0.39, 0.29) is 13.2 Å². The van der Waals surface area contributed by atoms with Gasteiger partial charge < -0.3 is 14.6 Å². The van der Waals surface area contributed by atoms with Crippen LogP contribution in [0, 0.1) is 0 Å². The predicted octanol–water partition coefficient (Wildman–Crippen LogP) is 0.810. The first kappa shape index (κ1) is 12.5. The Kier molecular flexibility index (Phi) is 4.12. The largest absolute Gasteiger partial charge is 0.394 e. The van der Waals surface area contributed by atoms with Crippen LogP contribution in [0.1, 0.15) is 5.56 Å². The minimum absolute atomic E-state index is 0.00164. The van der Waals surface area contributed by atoms with Crippen LogP contribution in [0.4, 0.5) is 0 Å². The first-order valence-corrected chi connectivity index (χ1v) is 5.90. The highest BCUT2D eigenvalue weighted by Gasteiger charge is 2.38. The Morgan fingerprint density at radius 2 is 2.18 bits per heavy atom. The van der Waals surface area contributed by atoms with E-state index >= 15 is 0 Å². The van der Waals surface area contributed by atoms with Gasteiger partial charge in [-0.2, -0.15) is 0 Å². The van der Waals surface area contributed by atoms with Crippen LogP contribution in [-0.4, -0.2) is 50.0 Å². The second-order valence-electron chi connectivity index (χ2n) is 4.28. The van der Waals surface area contributed by atoms with Gasteiger partial charge in [-0.1, -0.05) is 30.3 Å². The number of morpholine rings is 1. The first-order chi connectivity index (χ1) is 8.27. The van der Waals surface area contributed by atoms with Gasteiger partial charge in [0.15, 0.2) is 0 Å². The summed E-state index contributed by atoms with van der Waals surface area (Å²) in [4.78, 5) is 2.17. The molecule has 94 valence electrons. The summed E-state index contributed by atoms with van der Waals surface area (Å²) in [5.74, 6) is -0.739. The molecule has 0 aromatic heterocycles. The lowest BCUT2D eigenvalue weighted by Gasteiger charge is -2.41. The van der Waals surface area contributed by atoms with E-state index in [0.29, 0.717) is 13.2 Å². The third kappa shape index (κ3) is 2.84. The molecule has 4 nitrogen and oxygen atoms in total. The molecule has 1 aliphatic rings. The highest BCUT2D eigenvalue weighted by Crippen LogP contribution is 2.30. The summed E-state index contributed by atoms with van der Waals surface area (Å²) in [5.41, 5.74) is 1.00. The van der Waals surface area contributed by atoms with Crippen molar-refractivity contribution in [2.24, 2.45) is 0 Å². The molecule has 17 heavy (non-hydrogen) atoms. The molecule has 1 aliphatic heterocycles. The smallest absolute Gasteiger partial charge is 0.208 e. The third-order valence-corrected chi connectivity index (χ3v) is 2.93.